The normalized spacial score (nSPS) is 10.8. The molecule has 0 saturated carbocycles. The van der Waals surface area contributed by atoms with Crippen molar-refractivity contribution in [3.8, 4) is 0 Å². The fraction of sp³-hybridized carbons (Fsp3) is 0.429. The van der Waals surface area contributed by atoms with Crippen LogP contribution in [0.4, 0.5) is 0 Å². The van der Waals surface area contributed by atoms with Crippen molar-refractivity contribution in [1.29, 1.82) is 0 Å². The van der Waals surface area contributed by atoms with Crippen molar-refractivity contribution in [2.24, 2.45) is 0 Å². The Morgan fingerprint density at radius 1 is 1.50 bits per heavy atom. The van der Waals surface area contributed by atoms with Crippen LogP contribution in [0.1, 0.15) is 13.8 Å². The van der Waals surface area contributed by atoms with Crippen LogP contribution in [0, 0.1) is 0 Å². The first-order valence-electron chi connectivity index (χ1n) is 3.14. The molecule has 0 rings (SSSR count). The highest BCUT2D eigenvalue weighted by Crippen LogP contribution is 1.88. The monoisotopic (exact) mass is 174 g/mol. The fourth-order valence-electron chi connectivity index (χ4n) is 0.382. The molecule has 0 spiro atoms. The fourth-order valence-corrected chi connectivity index (χ4v) is 0.382. The van der Waals surface area contributed by atoms with Crippen LogP contribution >= 0.6 is 0 Å². The van der Waals surface area contributed by atoms with E-state index in [1.165, 1.54) is 13.8 Å². The van der Waals surface area contributed by atoms with Crippen LogP contribution in [0.25, 0.3) is 0 Å². The maximum absolute atomic E-state index is 10.8. The first-order chi connectivity index (χ1) is 4.95. The second-order valence-corrected chi connectivity index (χ2v) is 2.31. The molecule has 1 atom stereocenters. The molecule has 5 heteroatoms. The van der Waals surface area contributed by atoms with Gasteiger partial charge in [-0.25, -0.2) is 0 Å². The molecule has 0 heterocycles. The maximum Gasteiger partial charge on any atom is 0.325 e. The predicted molar refractivity (Wildman–Crippen MR) is 45.1 cm³/mol. The minimum Gasteiger partial charge on any atom is -0.480 e. The van der Waals surface area contributed by atoms with Crippen molar-refractivity contribution in [3.63, 3.8) is 0 Å². The molecule has 12 heavy (non-hydrogen) atoms. The van der Waals surface area contributed by atoms with Gasteiger partial charge < -0.3 is 16.6 Å². The standard InChI is InChI=1S/C7H11NO3.H3N/c1-4(2)6(9)8-5(3)7(10)11;/h5H,1H2,2-3H3,(H,8,9)(H,10,11);1H3/t5-;/m0./s1. The predicted octanol–water partition coefficient (Wildman–Crippen LogP) is 0.314. The lowest BCUT2D eigenvalue weighted by molar-refractivity contribution is -0.140. The van der Waals surface area contributed by atoms with Crippen molar-refractivity contribution >= 4 is 11.9 Å². The lowest BCUT2D eigenvalue weighted by atomic mass is 10.3. The number of amides is 1. The van der Waals surface area contributed by atoms with Crippen molar-refractivity contribution in [2.75, 3.05) is 0 Å². The van der Waals surface area contributed by atoms with E-state index in [4.69, 9.17) is 5.11 Å². The lowest BCUT2D eigenvalue weighted by Crippen LogP contribution is -2.38. The average Bonchev–Trinajstić information content (AvgIpc) is 1.87. The second-order valence-electron chi connectivity index (χ2n) is 2.31. The molecule has 0 saturated heterocycles. The van der Waals surface area contributed by atoms with Crippen LogP contribution in [-0.2, 0) is 9.59 Å². The summed E-state index contributed by atoms with van der Waals surface area (Å²) in [6, 6.07) is -0.862. The van der Waals surface area contributed by atoms with Crippen LogP contribution < -0.4 is 11.5 Å². The van der Waals surface area contributed by atoms with Gasteiger partial charge >= 0.3 is 5.97 Å². The third kappa shape index (κ3) is 4.45. The molecule has 0 aliphatic rings. The van der Waals surface area contributed by atoms with E-state index < -0.39 is 17.9 Å². The molecule has 0 aromatic carbocycles. The third-order valence-electron chi connectivity index (χ3n) is 1.11. The molecule has 1 amide bonds. The molecule has 0 fully saturated rings. The van der Waals surface area contributed by atoms with E-state index in [9.17, 15) is 9.59 Å². The van der Waals surface area contributed by atoms with E-state index >= 15 is 0 Å². The van der Waals surface area contributed by atoms with Gasteiger partial charge in [0.05, 0.1) is 0 Å². The summed E-state index contributed by atoms with van der Waals surface area (Å²) in [6.45, 7) is 6.27. The van der Waals surface area contributed by atoms with Gasteiger partial charge in [-0.15, -0.1) is 0 Å². The zero-order valence-corrected chi connectivity index (χ0v) is 7.26. The Bertz CT molecular complexity index is 201. The topological polar surface area (TPSA) is 101 Å². The smallest absolute Gasteiger partial charge is 0.325 e. The highest BCUT2D eigenvalue weighted by molar-refractivity contribution is 5.94. The zero-order chi connectivity index (χ0) is 9.02. The number of aliphatic carboxylic acids is 1. The van der Waals surface area contributed by atoms with Gasteiger partial charge in [-0.05, 0) is 13.8 Å². The second kappa shape index (κ2) is 5.31. The molecular weight excluding hydrogens is 160 g/mol. The summed E-state index contributed by atoms with van der Waals surface area (Å²) in [6.07, 6.45) is 0. The van der Waals surface area contributed by atoms with Gasteiger partial charge in [0.1, 0.15) is 6.04 Å². The first kappa shape index (κ1) is 13.2. The third-order valence-corrected chi connectivity index (χ3v) is 1.11. The number of carboxylic acid groups (broad SMARTS) is 1. The Balaban J connectivity index is 0. The first-order valence-corrected chi connectivity index (χ1v) is 3.14. The van der Waals surface area contributed by atoms with Crippen molar-refractivity contribution < 1.29 is 14.7 Å². The van der Waals surface area contributed by atoms with Gasteiger partial charge in [0, 0.05) is 5.57 Å². The largest absolute Gasteiger partial charge is 0.480 e. The quantitative estimate of drug-likeness (QED) is 0.536. The molecule has 5 N–H and O–H groups in total. The number of hydrogen-bond donors (Lipinski definition) is 3. The Labute approximate surface area is 71.0 Å². The molecule has 0 aromatic heterocycles. The van der Waals surface area contributed by atoms with Crippen LogP contribution in [0.3, 0.4) is 0 Å². The zero-order valence-electron chi connectivity index (χ0n) is 7.26. The van der Waals surface area contributed by atoms with E-state index in [0.29, 0.717) is 5.57 Å². The number of carbonyl (C=O) groups is 2. The molecule has 70 valence electrons. The van der Waals surface area contributed by atoms with Crippen molar-refractivity contribution in [2.45, 2.75) is 19.9 Å². The van der Waals surface area contributed by atoms with Crippen molar-refractivity contribution in [3.05, 3.63) is 12.2 Å². The summed E-state index contributed by atoms with van der Waals surface area (Å²) in [4.78, 5) is 21.0. The van der Waals surface area contributed by atoms with Crippen LogP contribution in [-0.4, -0.2) is 23.0 Å². The van der Waals surface area contributed by atoms with Crippen LogP contribution in [0.2, 0.25) is 0 Å². The molecule has 0 unspecified atom stereocenters. The summed E-state index contributed by atoms with van der Waals surface area (Å²) >= 11 is 0. The summed E-state index contributed by atoms with van der Waals surface area (Å²) in [5.41, 5.74) is 0.304. The van der Waals surface area contributed by atoms with Gasteiger partial charge in [-0.1, -0.05) is 6.58 Å². The summed E-state index contributed by atoms with van der Waals surface area (Å²) < 4.78 is 0. The van der Waals surface area contributed by atoms with Gasteiger partial charge in [0.2, 0.25) is 5.91 Å². The van der Waals surface area contributed by atoms with Gasteiger partial charge in [0.15, 0.2) is 0 Å². The number of nitrogens with one attached hydrogen (secondary N) is 1. The van der Waals surface area contributed by atoms with Gasteiger partial charge in [-0.3, -0.25) is 9.59 Å². The van der Waals surface area contributed by atoms with Crippen LogP contribution in [0.15, 0.2) is 12.2 Å². The minimum absolute atomic E-state index is 0. The van der Waals surface area contributed by atoms with E-state index in [-0.39, 0.29) is 6.15 Å². The van der Waals surface area contributed by atoms with Crippen molar-refractivity contribution in [1.82, 2.24) is 11.5 Å². The summed E-state index contributed by atoms with van der Waals surface area (Å²) in [7, 11) is 0. The van der Waals surface area contributed by atoms with Crippen LogP contribution in [0.5, 0.6) is 0 Å². The molecular formula is C7H14N2O3. The Hall–Kier alpha value is -1.36. The molecule has 0 radical (unpaired) electrons. The average molecular weight is 174 g/mol. The summed E-state index contributed by atoms with van der Waals surface area (Å²) in [5, 5.41) is 10.6. The molecule has 5 nitrogen and oxygen atoms in total. The number of rotatable bonds is 3. The lowest BCUT2D eigenvalue weighted by Gasteiger charge is -2.07. The van der Waals surface area contributed by atoms with E-state index in [0.717, 1.165) is 0 Å². The Morgan fingerprint density at radius 3 is 2.17 bits per heavy atom. The number of carbonyl (C=O) groups excluding carboxylic acids is 1. The van der Waals surface area contributed by atoms with Gasteiger partial charge in [0.25, 0.3) is 0 Å². The van der Waals surface area contributed by atoms with E-state index in [2.05, 4.69) is 11.9 Å². The summed E-state index contributed by atoms with van der Waals surface area (Å²) in [5.74, 6) is -1.49. The minimum atomic E-state index is -1.06. The molecule has 0 aliphatic carbocycles. The van der Waals surface area contributed by atoms with E-state index in [1.54, 1.807) is 0 Å². The Morgan fingerprint density at radius 2 is 1.92 bits per heavy atom. The molecule has 0 aliphatic heterocycles. The maximum atomic E-state index is 10.8. The molecule has 0 bridgehead atoms. The number of carboxylic acids is 1. The number of hydrogen-bond acceptors (Lipinski definition) is 3. The molecule has 0 aromatic rings. The van der Waals surface area contributed by atoms with E-state index in [1.807, 2.05) is 0 Å². The van der Waals surface area contributed by atoms with Gasteiger partial charge in [-0.2, -0.15) is 0 Å². The Kier molecular flexibility index (Phi) is 5.86. The highest BCUT2D eigenvalue weighted by Gasteiger charge is 2.13. The SMILES string of the molecule is C=C(C)C(=O)N[C@@H](C)C(=O)O.N. The highest BCUT2D eigenvalue weighted by atomic mass is 16.4.